The van der Waals surface area contributed by atoms with E-state index in [4.69, 9.17) is 0 Å². The molecule has 0 aliphatic carbocycles. The zero-order valence-corrected chi connectivity index (χ0v) is 11.9. The Morgan fingerprint density at radius 2 is 1.68 bits per heavy atom. The van der Waals surface area contributed by atoms with Crippen molar-refractivity contribution in [3.63, 3.8) is 0 Å². The van der Waals surface area contributed by atoms with Crippen molar-refractivity contribution in [3.8, 4) is 17.2 Å². The van der Waals surface area contributed by atoms with E-state index in [2.05, 4.69) is 10.5 Å². The molecule has 0 aromatic heterocycles. The van der Waals surface area contributed by atoms with Crippen LogP contribution < -0.4 is 5.43 Å². The lowest BCUT2D eigenvalue weighted by molar-refractivity contribution is 0.0954. The Labute approximate surface area is 127 Å². The average Bonchev–Trinajstić information content (AvgIpc) is 2.51. The maximum atomic E-state index is 11.9. The topological polar surface area (TPSA) is 102 Å². The third-order valence-electron chi connectivity index (χ3n) is 3.05. The number of hydrazone groups is 1. The molecule has 2 aromatic rings. The molecule has 4 N–H and O–H groups in total. The van der Waals surface area contributed by atoms with Gasteiger partial charge in [-0.05, 0) is 48.9 Å². The van der Waals surface area contributed by atoms with E-state index in [1.807, 2.05) is 6.92 Å². The number of benzene rings is 2. The molecule has 1 amide bonds. The van der Waals surface area contributed by atoms with Gasteiger partial charge in [-0.2, -0.15) is 5.10 Å². The van der Waals surface area contributed by atoms with Gasteiger partial charge in [-0.25, -0.2) is 5.43 Å². The molecule has 0 saturated heterocycles. The average molecular weight is 300 g/mol. The highest BCUT2D eigenvalue weighted by atomic mass is 16.3. The van der Waals surface area contributed by atoms with Crippen LogP contribution in [0.5, 0.6) is 17.2 Å². The minimum absolute atomic E-state index is 0.00110. The molecule has 22 heavy (non-hydrogen) atoms. The highest BCUT2D eigenvalue weighted by Gasteiger charge is 2.10. The van der Waals surface area contributed by atoms with Gasteiger partial charge >= 0.3 is 0 Å². The Bertz CT molecular complexity index is 709. The summed E-state index contributed by atoms with van der Waals surface area (Å²) in [6.07, 6.45) is 0.451. The molecule has 2 aromatic carbocycles. The molecular formula is C16H16N2O4. The first-order valence-corrected chi connectivity index (χ1v) is 6.69. The van der Waals surface area contributed by atoms with Crippen LogP contribution in [0.3, 0.4) is 0 Å². The van der Waals surface area contributed by atoms with Crippen LogP contribution in [0.1, 0.15) is 29.3 Å². The van der Waals surface area contributed by atoms with Crippen LogP contribution >= 0.6 is 0 Å². The summed E-state index contributed by atoms with van der Waals surface area (Å²) >= 11 is 0. The Kier molecular flexibility index (Phi) is 4.63. The van der Waals surface area contributed by atoms with Crippen LogP contribution in [0.15, 0.2) is 47.6 Å². The number of aromatic hydroxyl groups is 3. The quantitative estimate of drug-likeness (QED) is 0.395. The molecule has 0 saturated carbocycles. The number of hydrogen-bond donors (Lipinski definition) is 4. The van der Waals surface area contributed by atoms with E-state index in [1.54, 1.807) is 0 Å². The highest BCUT2D eigenvalue weighted by molar-refractivity contribution is 6.04. The van der Waals surface area contributed by atoms with Crippen LogP contribution in [0.25, 0.3) is 0 Å². The van der Waals surface area contributed by atoms with Gasteiger partial charge in [0, 0.05) is 11.1 Å². The second kappa shape index (κ2) is 6.62. The molecule has 2 rings (SSSR count). The number of nitrogens with one attached hydrogen (secondary N) is 1. The summed E-state index contributed by atoms with van der Waals surface area (Å²) in [6.45, 7) is 1.81. The molecule has 114 valence electrons. The van der Waals surface area contributed by atoms with Crippen molar-refractivity contribution in [2.75, 3.05) is 0 Å². The van der Waals surface area contributed by atoms with E-state index < -0.39 is 5.91 Å². The van der Waals surface area contributed by atoms with E-state index in [0.29, 0.717) is 23.3 Å². The lowest BCUT2D eigenvalue weighted by Gasteiger charge is -2.08. The molecule has 0 aliphatic heterocycles. The van der Waals surface area contributed by atoms with Crippen LogP contribution in [0.4, 0.5) is 0 Å². The molecule has 0 unspecified atom stereocenters. The molecule has 0 aliphatic rings. The largest absolute Gasteiger partial charge is 0.508 e. The predicted molar refractivity (Wildman–Crippen MR) is 82.2 cm³/mol. The fourth-order valence-corrected chi connectivity index (χ4v) is 1.88. The fourth-order valence-electron chi connectivity index (χ4n) is 1.88. The smallest absolute Gasteiger partial charge is 0.271 e. The number of hydrogen-bond acceptors (Lipinski definition) is 5. The lowest BCUT2D eigenvalue weighted by atomic mass is 10.1. The normalized spacial score (nSPS) is 11.2. The van der Waals surface area contributed by atoms with Gasteiger partial charge in [-0.1, -0.05) is 6.92 Å². The summed E-state index contributed by atoms with van der Waals surface area (Å²) in [6, 6.07) is 9.85. The predicted octanol–water partition coefficient (Wildman–Crippen LogP) is 2.35. The zero-order chi connectivity index (χ0) is 16.1. The Hall–Kier alpha value is -3.02. The van der Waals surface area contributed by atoms with Crippen LogP contribution in [0.2, 0.25) is 0 Å². The second-order valence-corrected chi connectivity index (χ2v) is 4.60. The zero-order valence-electron chi connectivity index (χ0n) is 11.9. The maximum absolute atomic E-state index is 11.9. The van der Waals surface area contributed by atoms with Gasteiger partial charge in [0.1, 0.15) is 17.2 Å². The molecule has 6 heteroatoms. The number of amides is 1. The van der Waals surface area contributed by atoms with Gasteiger partial charge in [0.2, 0.25) is 0 Å². The Balaban J connectivity index is 2.20. The maximum Gasteiger partial charge on any atom is 0.271 e. The monoisotopic (exact) mass is 300 g/mol. The Morgan fingerprint density at radius 3 is 2.32 bits per heavy atom. The van der Waals surface area contributed by atoms with E-state index in [-0.39, 0.29) is 17.2 Å². The highest BCUT2D eigenvalue weighted by Crippen LogP contribution is 2.23. The molecule has 0 spiro atoms. The van der Waals surface area contributed by atoms with Crippen molar-refractivity contribution in [2.45, 2.75) is 13.3 Å². The molecular weight excluding hydrogens is 284 g/mol. The second-order valence-electron chi connectivity index (χ2n) is 4.60. The van der Waals surface area contributed by atoms with Crippen molar-refractivity contribution >= 4 is 11.6 Å². The minimum Gasteiger partial charge on any atom is -0.508 e. The summed E-state index contributed by atoms with van der Waals surface area (Å²) in [5, 5.41) is 32.5. The molecule has 0 fully saturated rings. The standard InChI is InChI=1S/C16H16N2O4/c1-2-14(13-9-12(20)7-8-15(13)21)17-18-16(22)10-3-5-11(19)6-4-10/h3-9,19-21H,2H2,1H3,(H,18,22). The summed E-state index contributed by atoms with van der Waals surface area (Å²) in [7, 11) is 0. The minimum atomic E-state index is -0.439. The number of carbonyl (C=O) groups is 1. The van der Waals surface area contributed by atoms with Crippen molar-refractivity contribution in [3.05, 3.63) is 53.6 Å². The first-order valence-electron chi connectivity index (χ1n) is 6.69. The first-order chi connectivity index (χ1) is 10.5. The summed E-state index contributed by atoms with van der Waals surface area (Å²) in [4.78, 5) is 11.9. The summed E-state index contributed by atoms with van der Waals surface area (Å²) in [5.41, 5.74) is 3.52. The number of phenolic OH excluding ortho intramolecular Hbond substituents is 3. The van der Waals surface area contributed by atoms with Crippen LogP contribution in [-0.2, 0) is 0 Å². The summed E-state index contributed by atoms with van der Waals surface area (Å²) < 4.78 is 0. The van der Waals surface area contributed by atoms with Gasteiger partial charge in [0.05, 0.1) is 5.71 Å². The number of phenols is 3. The van der Waals surface area contributed by atoms with Gasteiger partial charge in [0.15, 0.2) is 0 Å². The lowest BCUT2D eigenvalue weighted by Crippen LogP contribution is -2.19. The van der Waals surface area contributed by atoms with E-state index in [1.165, 1.54) is 42.5 Å². The molecule has 6 nitrogen and oxygen atoms in total. The van der Waals surface area contributed by atoms with Gasteiger partial charge in [0.25, 0.3) is 5.91 Å². The third-order valence-corrected chi connectivity index (χ3v) is 3.05. The SMILES string of the molecule is CCC(=NNC(=O)c1ccc(O)cc1)c1cc(O)ccc1O. The van der Waals surface area contributed by atoms with Crippen LogP contribution in [0, 0.1) is 0 Å². The van der Waals surface area contributed by atoms with Crippen molar-refractivity contribution in [1.82, 2.24) is 5.43 Å². The number of carbonyl (C=O) groups excluding carboxylic acids is 1. The van der Waals surface area contributed by atoms with Crippen molar-refractivity contribution in [1.29, 1.82) is 0 Å². The molecule has 0 radical (unpaired) electrons. The number of nitrogens with zero attached hydrogens (tertiary/aromatic N) is 1. The third kappa shape index (κ3) is 3.54. The van der Waals surface area contributed by atoms with Gasteiger partial charge in [-0.15, -0.1) is 0 Å². The van der Waals surface area contributed by atoms with Crippen molar-refractivity contribution < 1.29 is 20.1 Å². The number of rotatable bonds is 4. The first kappa shape index (κ1) is 15.4. The Morgan fingerprint density at radius 1 is 1.05 bits per heavy atom. The molecule has 0 heterocycles. The van der Waals surface area contributed by atoms with E-state index in [0.717, 1.165) is 0 Å². The molecule has 0 bridgehead atoms. The fraction of sp³-hybridized carbons (Fsp3) is 0.125. The van der Waals surface area contributed by atoms with Crippen LogP contribution in [-0.4, -0.2) is 26.9 Å². The van der Waals surface area contributed by atoms with E-state index >= 15 is 0 Å². The molecule has 0 atom stereocenters. The van der Waals surface area contributed by atoms with E-state index in [9.17, 15) is 20.1 Å². The summed E-state index contributed by atoms with van der Waals surface area (Å²) in [5.74, 6) is -0.402. The van der Waals surface area contributed by atoms with Gasteiger partial charge < -0.3 is 15.3 Å². The van der Waals surface area contributed by atoms with Gasteiger partial charge in [-0.3, -0.25) is 4.79 Å². The van der Waals surface area contributed by atoms with Crippen molar-refractivity contribution in [2.24, 2.45) is 5.10 Å².